The van der Waals surface area contributed by atoms with Gasteiger partial charge >= 0.3 is 0 Å². The van der Waals surface area contributed by atoms with Crippen molar-refractivity contribution in [3.8, 4) is 5.75 Å². The van der Waals surface area contributed by atoms with Crippen LogP contribution in [0.2, 0.25) is 0 Å². The fraction of sp³-hybridized carbons (Fsp3) is 0.333. The highest BCUT2D eigenvalue weighted by Gasteiger charge is 2.32. The highest BCUT2D eigenvalue weighted by atomic mass is 32.2. The van der Waals surface area contributed by atoms with E-state index in [-0.39, 0.29) is 12.1 Å². The number of ether oxygens (including phenoxy) is 1. The van der Waals surface area contributed by atoms with Crippen molar-refractivity contribution in [1.29, 1.82) is 0 Å². The molecule has 32 heavy (non-hydrogen) atoms. The van der Waals surface area contributed by atoms with E-state index in [9.17, 15) is 8.42 Å². The van der Waals surface area contributed by atoms with Crippen molar-refractivity contribution in [2.45, 2.75) is 23.9 Å². The van der Waals surface area contributed by atoms with Gasteiger partial charge in [0.25, 0.3) is 0 Å². The first-order chi connectivity index (χ1) is 15.5. The third-order valence-electron chi connectivity index (χ3n) is 5.85. The van der Waals surface area contributed by atoms with Crippen molar-refractivity contribution in [2.24, 2.45) is 0 Å². The number of anilines is 1. The molecule has 2 heterocycles. The molecule has 8 heteroatoms. The van der Waals surface area contributed by atoms with Gasteiger partial charge in [-0.2, -0.15) is 0 Å². The molecule has 1 fully saturated rings. The Morgan fingerprint density at radius 1 is 0.938 bits per heavy atom. The van der Waals surface area contributed by atoms with Crippen LogP contribution in [0, 0.1) is 0 Å². The van der Waals surface area contributed by atoms with E-state index in [1.54, 1.807) is 42.7 Å². The first-order valence-electron chi connectivity index (χ1n) is 10.7. The molecule has 0 bridgehead atoms. The number of piperazine rings is 1. The Labute approximate surface area is 194 Å². The summed E-state index contributed by atoms with van der Waals surface area (Å²) in [6, 6.07) is 20.5. The van der Waals surface area contributed by atoms with E-state index >= 15 is 0 Å². The SMILES string of the molecule is COc1ccc(N2CCN([C@@H](c3cccs3)[C@@H](C)NS(=O)(=O)c3ccccc3)CC2)cc1. The van der Waals surface area contributed by atoms with Gasteiger partial charge in [0.1, 0.15) is 5.75 Å². The fourth-order valence-electron chi connectivity index (χ4n) is 4.23. The van der Waals surface area contributed by atoms with E-state index in [0.29, 0.717) is 4.90 Å². The third-order valence-corrected chi connectivity index (χ3v) is 8.37. The molecular formula is C24H29N3O3S2. The molecule has 2 atom stereocenters. The smallest absolute Gasteiger partial charge is 0.240 e. The number of methoxy groups -OCH3 is 1. The summed E-state index contributed by atoms with van der Waals surface area (Å²) in [6.45, 7) is 5.43. The Balaban J connectivity index is 1.48. The Kier molecular flexibility index (Phi) is 7.15. The molecule has 0 aliphatic carbocycles. The van der Waals surface area contributed by atoms with Gasteiger partial charge < -0.3 is 9.64 Å². The molecule has 0 saturated carbocycles. The Morgan fingerprint density at radius 3 is 2.22 bits per heavy atom. The third kappa shape index (κ3) is 5.15. The molecule has 1 aliphatic rings. The quantitative estimate of drug-likeness (QED) is 0.538. The Bertz CT molecular complexity index is 1080. The molecule has 4 rings (SSSR count). The van der Waals surface area contributed by atoms with Crippen LogP contribution in [0.4, 0.5) is 5.69 Å². The van der Waals surface area contributed by atoms with E-state index < -0.39 is 10.0 Å². The van der Waals surface area contributed by atoms with Crippen LogP contribution >= 0.6 is 11.3 Å². The van der Waals surface area contributed by atoms with Crippen molar-refractivity contribution >= 4 is 27.0 Å². The van der Waals surface area contributed by atoms with Gasteiger partial charge in [-0.15, -0.1) is 11.3 Å². The minimum atomic E-state index is -3.59. The number of hydrogen-bond donors (Lipinski definition) is 1. The molecule has 6 nitrogen and oxygen atoms in total. The lowest BCUT2D eigenvalue weighted by Gasteiger charge is -2.42. The first kappa shape index (κ1) is 22.8. The summed E-state index contributed by atoms with van der Waals surface area (Å²) in [5.74, 6) is 0.852. The maximum Gasteiger partial charge on any atom is 0.240 e. The van der Waals surface area contributed by atoms with Gasteiger partial charge in [0.05, 0.1) is 18.0 Å². The number of rotatable bonds is 8. The highest BCUT2D eigenvalue weighted by Crippen LogP contribution is 2.31. The van der Waals surface area contributed by atoms with Crippen LogP contribution in [0.15, 0.2) is 77.0 Å². The summed E-state index contributed by atoms with van der Waals surface area (Å²) in [5, 5.41) is 2.05. The van der Waals surface area contributed by atoms with Gasteiger partial charge in [-0.25, -0.2) is 13.1 Å². The maximum atomic E-state index is 12.9. The van der Waals surface area contributed by atoms with Crippen LogP contribution < -0.4 is 14.4 Å². The zero-order valence-electron chi connectivity index (χ0n) is 18.3. The molecule has 0 radical (unpaired) electrons. The zero-order valence-corrected chi connectivity index (χ0v) is 20.0. The lowest BCUT2D eigenvalue weighted by Crippen LogP contribution is -2.52. The molecule has 1 aliphatic heterocycles. The molecule has 0 spiro atoms. The minimum absolute atomic E-state index is 0.0218. The molecule has 2 aromatic carbocycles. The topological polar surface area (TPSA) is 61.9 Å². The largest absolute Gasteiger partial charge is 0.497 e. The Hall–Kier alpha value is -2.39. The van der Waals surface area contributed by atoms with Crippen LogP contribution in [0.5, 0.6) is 5.75 Å². The van der Waals surface area contributed by atoms with E-state index in [2.05, 4.69) is 32.7 Å². The minimum Gasteiger partial charge on any atom is -0.497 e. The lowest BCUT2D eigenvalue weighted by atomic mass is 10.1. The van der Waals surface area contributed by atoms with Crippen LogP contribution in [-0.4, -0.2) is 52.6 Å². The number of nitrogens with one attached hydrogen (secondary N) is 1. The van der Waals surface area contributed by atoms with E-state index in [1.807, 2.05) is 36.6 Å². The fourth-order valence-corrected chi connectivity index (χ4v) is 6.46. The predicted molar refractivity (Wildman–Crippen MR) is 130 cm³/mol. The monoisotopic (exact) mass is 471 g/mol. The summed E-state index contributed by atoms with van der Waals surface area (Å²) in [6.07, 6.45) is 0. The van der Waals surface area contributed by atoms with Gasteiger partial charge in [-0.3, -0.25) is 4.90 Å². The van der Waals surface area contributed by atoms with Crippen molar-refractivity contribution in [3.63, 3.8) is 0 Å². The Morgan fingerprint density at radius 2 is 1.62 bits per heavy atom. The van der Waals surface area contributed by atoms with Gasteiger partial charge in [0.15, 0.2) is 0 Å². The number of nitrogens with zero attached hydrogens (tertiary/aromatic N) is 2. The second kappa shape index (κ2) is 10.0. The first-order valence-corrected chi connectivity index (χ1v) is 13.1. The number of hydrogen-bond acceptors (Lipinski definition) is 6. The number of benzene rings is 2. The average Bonchev–Trinajstić information content (AvgIpc) is 3.34. The van der Waals surface area contributed by atoms with Crippen molar-refractivity contribution in [2.75, 3.05) is 38.2 Å². The second-order valence-electron chi connectivity index (χ2n) is 7.90. The predicted octanol–water partition coefficient (Wildman–Crippen LogP) is 3.99. The summed E-state index contributed by atoms with van der Waals surface area (Å²) in [7, 11) is -1.92. The maximum absolute atomic E-state index is 12.9. The second-order valence-corrected chi connectivity index (χ2v) is 10.6. The van der Waals surface area contributed by atoms with E-state index in [0.717, 1.165) is 31.9 Å². The van der Waals surface area contributed by atoms with Crippen molar-refractivity contribution in [3.05, 3.63) is 77.0 Å². The molecule has 0 amide bonds. The van der Waals surface area contributed by atoms with E-state index in [1.165, 1.54) is 10.6 Å². The molecular weight excluding hydrogens is 442 g/mol. The molecule has 3 aromatic rings. The number of thiophene rings is 1. The van der Waals surface area contributed by atoms with E-state index in [4.69, 9.17) is 4.74 Å². The zero-order chi connectivity index (χ0) is 22.6. The molecule has 1 aromatic heterocycles. The standard InChI is InChI=1S/C24H29N3O3S2/c1-19(25-32(28,29)22-7-4-3-5-8-22)24(23-9-6-18-31-23)27-16-14-26(15-17-27)20-10-12-21(30-2)13-11-20/h3-13,18-19,24-25H,14-17H2,1-2H3/t19-,24-/m1/s1. The number of sulfonamides is 1. The summed E-state index contributed by atoms with van der Waals surface area (Å²) in [4.78, 5) is 6.22. The van der Waals surface area contributed by atoms with Crippen LogP contribution in [0.3, 0.4) is 0 Å². The highest BCUT2D eigenvalue weighted by molar-refractivity contribution is 7.89. The van der Waals surface area contributed by atoms with Crippen molar-refractivity contribution in [1.82, 2.24) is 9.62 Å². The summed E-state index contributed by atoms with van der Waals surface area (Å²) >= 11 is 1.67. The lowest BCUT2D eigenvalue weighted by molar-refractivity contribution is 0.164. The van der Waals surface area contributed by atoms with Gasteiger partial charge in [0, 0.05) is 42.8 Å². The molecule has 0 unspecified atom stereocenters. The van der Waals surface area contributed by atoms with Gasteiger partial charge in [-0.1, -0.05) is 24.3 Å². The summed E-state index contributed by atoms with van der Waals surface area (Å²) in [5.41, 5.74) is 1.18. The van der Waals surface area contributed by atoms with Gasteiger partial charge in [-0.05, 0) is 54.8 Å². The van der Waals surface area contributed by atoms with Crippen LogP contribution in [-0.2, 0) is 10.0 Å². The van der Waals surface area contributed by atoms with Crippen LogP contribution in [0.25, 0.3) is 0 Å². The van der Waals surface area contributed by atoms with Crippen molar-refractivity contribution < 1.29 is 13.2 Å². The summed E-state index contributed by atoms with van der Waals surface area (Å²) < 4.78 is 34.1. The van der Waals surface area contributed by atoms with Crippen LogP contribution in [0.1, 0.15) is 17.8 Å². The van der Waals surface area contributed by atoms with Gasteiger partial charge in [0.2, 0.25) is 10.0 Å². The normalized spacial score (nSPS) is 17.1. The molecule has 1 saturated heterocycles. The average molecular weight is 472 g/mol. The molecule has 1 N–H and O–H groups in total. The molecule has 170 valence electrons.